The molecule has 4 heterocycles. The van der Waals surface area contributed by atoms with Crippen molar-refractivity contribution in [1.82, 2.24) is 24.7 Å². The van der Waals surface area contributed by atoms with Gasteiger partial charge in [0.2, 0.25) is 5.82 Å². The van der Waals surface area contributed by atoms with Gasteiger partial charge in [-0.2, -0.15) is 0 Å². The number of anilines is 1. The molecule has 4 rings (SSSR count). The summed E-state index contributed by atoms with van der Waals surface area (Å²) < 4.78 is 2.05. The zero-order valence-corrected chi connectivity index (χ0v) is 13.4. The van der Waals surface area contributed by atoms with Crippen LogP contribution in [0.5, 0.6) is 0 Å². The highest BCUT2D eigenvalue weighted by Gasteiger charge is 2.26. The molecular formula is C17H18N6O. The second-order valence-corrected chi connectivity index (χ2v) is 6.04. The quantitative estimate of drug-likeness (QED) is 0.790. The van der Waals surface area contributed by atoms with Crippen molar-refractivity contribution in [3.05, 3.63) is 54.5 Å². The molecular weight excluding hydrogens is 304 g/mol. The van der Waals surface area contributed by atoms with E-state index >= 15 is 0 Å². The van der Waals surface area contributed by atoms with Gasteiger partial charge >= 0.3 is 0 Å². The van der Waals surface area contributed by atoms with Crippen LogP contribution < -0.4 is 10.2 Å². The molecule has 1 fully saturated rings. The fraction of sp³-hybridized carbons (Fsp3) is 0.294. The van der Waals surface area contributed by atoms with Crippen molar-refractivity contribution in [2.24, 2.45) is 0 Å². The predicted octanol–water partition coefficient (Wildman–Crippen LogP) is 1.44. The van der Waals surface area contributed by atoms with E-state index in [4.69, 9.17) is 0 Å². The fourth-order valence-electron chi connectivity index (χ4n) is 3.03. The lowest BCUT2D eigenvalue weighted by Gasteiger charge is -2.18. The van der Waals surface area contributed by atoms with Gasteiger partial charge in [0.05, 0.1) is 5.52 Å². The molecule has 7 heteroatoms. The SMILES string of the molecule is Cc1cnc(C(=O)N[C@H]2CCN(c3nccn4cccc34)C2)nc1. The van der Waals surface area contributed by atoms with E-state index in [1.807, 2.05) is 35.9 Å². The highest BCUT2D eigenvalue weighted by Crippen LogP contribution is 2.23. The Bertz CT molecular complexity index is 872. The topological polar surface area (TPSA) is 75.4 Å². The van der Waals surface area contributed by atoms with E-state index in [0.29, 0.717) is 0 Å². The van der Waals surface area contributed by atoms with Gasteiger partial charge in [-0.3, -0.25) is 4.79 Å². The fourth-order valence-corrected chi connectivity index (χ4v) is 3.03. The summed E-state index contributed by atoms with van der Waals surface area (Å²) in [6.45, 7) is 3.48. The molecule has 1 N–H and O–H groups in total. The maximum atomic E-state index is 12.3. The summed E-state index contributed by atoms with van der Waals surface area (Å²) in [5.41, 5.74) is 2.01. The molecule has 0 spiro atoms. The average Bonchev–Trinajstić information content (AvgIpc) is 3.24. The number of rotatable bonds is 3. The van der Waals surface area contributed by atoms with Crippen molar-refractivity contribution >= 4 is 17.2 Å². The first-order valence-electron chi connectivity index (χ1n) is 7.97. The smallest absolute Gasteiger partial charge is 0.289 e. The molecule has 0 radical (unpaired) electrons. The van der Waals surface area contributed by atoms with Crippen LogP contribution in [-0.2, 0) is 0 Å². The average molecular weight is 322 g/mol. The molecule has 24 heavy (non-hydrogen) atoms. The summed E-state index contributed by atoms with van der Waals surface area (Å²) in [7, 11) is 0. The molecule has 1 amide bonds. The number of nitrogens with one attached hydrogen (secondary N) is 1. The van der Waals surface area contributed by atoms with Crippen LogP contribution in [0.1, 0.15) is 22.6 Å². The van der Waals surface area contributed by atoms with Gasteiger partial charge in [-0.15, -0.1) is 0 Å². The van der Waals surface area contributed by atoms with Gasteiger partial charge < -0.3 is 14.6 Å². The third-order valence-corrected chi connectivity index (χ3v) is 4.24. The summed E-state index contributed by atoms with van der Waals surface area (Å²) in [5.74, 6) is 0.937. The van der Waals surface area contributed by atoms with Crippen LogP contribution in [0, 0.1) is 6.92 Å². The minimum atomic E-state index is -0.226. The molecule has 3 aromatic rings. The third-order valence-electron chi connectivity index (χ3n) is 4.24. The maximum absolute atomic E-state index is 12.3. The van der Waals surface area contributed by atoms with E-state index in [0.717, 1.165) is 36.4 Å². The molecule has 1 atom stereocenters. The predicted molar refractivity (Wildman–Crippen MR) is 90.0 cm³/mol. The molecule has 1 saturated heterocycles. The minimum Gasteiger partial charge on any atom is -0.353 e. The first-order valence-corrected chi connectivity index (χ1v) is 7.97. The van der Waals surface area contributed by atoms with Crippen molar-refractivity contribution in [3.63, 3.8) is 0 Å². The molecule has 0 bridgehead atoms. The lowest BCUT2D eigenvalue weighted by atomic mass is 10.2. The number of carbonyl (C=O) groups excluding carboxylic acids is 1. The van der Waals surface area contributed by atoms with Gasteiger partial charge in [0.15, 0.2) is 5.82 Å². The van der Waals surface area contributed by atoms with E-state index < -0.39 is 0 Å². The van der Waals surface area contributed by atoms with E-state index in [-0.39, 0.29) is 17.8 Å². The number of amides is 1. The Morgan fingerprint density at radius 2 is 2.08 bits per heavy atom. The van der Waals surface area contributed by atoms with Crippen LogP contribution in [-0.4, -0.2) is 44.4 Å². The normalized spacial score (nSPS) is 17.4. The van der Waals surface area contributed by atoms with Crippen molar-refractivity contribution < 1.29 is 4.79 Å². The zero-order chi connectivity index (χ0) is 16.5. The second-order valence-electron chi connectivity index (χ2n) is 6.04. The zero-order valence-electron chi connectivity index (χ0n) is 13.4. The Labute approximate surface area is 139 Å². The number of fused-ring (bicyclic) bond motifs is 1. The van der Waals surface area contributed by atoms with Crippen LogP contribution in [0.25, 0.3) is 5.52 Å². The van der Waals surface area contributed by atoms with Crippen LogP contribution in [0.15, 0.2) is 43.1 Å². The number of carbonyl (C=O) groups is 1. The van der Waals surface area contributed by atoms with Crippen LogP contribution in [0.3, 0.4) is 0 Å². The molecule has 0 aromatic carbocycles. The Kier molecular flexibility index (Phi) is 3.60. The number of nitrogens with zero attached hydrogens (tertiary/aromatic N) is 5. The number of aromatic nitrogens is 4. The highest BCUT2D eigenvalue weighted by molar-refractivity contribution is 5.90. The Morgan fingerprint density at radius 3 is 2.92 bits per heavy atom. The molecule has 122 valence electrons. The van der Waals surface area contributed by atoms with E-state index in [1.54, 1.807) is 18.6 Å². The largest absolute Gasteiger partial charge is 0.353 e. The lowest BCUT2D eigenvalue weighted by molar-refractivity contribution is 0.0930. The van der Waals surface area contributed by atoms with E-state index in [9.17, 15) is 4.79 Å². The van der Waals surface area contributed by atoms with Crippen molar-refractivity contribution in [3.8, 4) is 0 Å². The molecule has 0 aliphatic carbocycles. The van der Waals surface area contributed by atoms with Gasteiger partial charge in [0.25, 0.3) is 5.91 Å². The van der Waals surface area contributed by atoms with Crippen LogP contribution in [0.2, 0.25) is 0 Å². The van der Waals surface area contributed by atoms with Crippen LogP contribution >= 0.6 is 0 Å². The van der Waals surface area contributed by atoms with Gasteiger partial charge in [-0.05, 0) is 31.0 Å². The second kappa shape index (κ2) is 5.92. The Balaban J connectivity index is 1.46. The third kappa shape index (κ3) is 2.68. The monoisotopic (exact) mass is 322 g/mol. The summed E-state index contributed by atoms with van der Waals surface area (Å²) >= 11 is 0. The summed E-state index contributed by atoms with van der Waals surface area (Å²) in [6.07, 6.45) is 9.92. The first kappa shape index (κ1) is 14.6. The Hall–Kier alpha value is -2.96. The van der Waals surface area contributed by atoms with Gasteiger partial charge in [-0.1, -0.05) is 0 Å². The Morgan fingerprint density at radius 1 is 1.25 bits per heavy atom. The molecule has 0 saturated carbocycles. The van der Waals surface area contributed by atoms with Crippen LogP contribution in [0.4, 0.5) is 5.82 Å². The summed E-state index contributed by atoms with van der Waals surface area (Å²) in [6, 6.07) is 4.12. The van der Waals surface area contributed by atoms with Gasteiger partial charge in [0, 0.05) is 50.1 Å². The van der Waals surface area contributed by atoms with Crippen molar-refractivity contribution in [2.75, 3.05) is 18.0 Å². The molecule has 0 unspecified atom stereocenters. The minimum absolute atomic E-state index is 0.0689. The summed E-state index contributed by atoms with van der Waals surface area (Å²) in [5, 5.41) is 3.02. The number of hydrogen-bond donors (Lipinski definition) is 1. The first-order chi connectivity index (χ1) is 11.7. The van der Waals surface area contributed by atoms with Gasteiger partial charge in [-0.25, -0.2) is 15.0 Å². The molecule has 1 aliphatic rings. The van der Waals surface area contributed by atoms with Crippen molar-refractivity contribution in [1.29, 1.82) is 0 Å². The summed E-state index contributed by atoms with van der Waals surface area (Å²) in [4.78, 5) is 27.1. The van der Waals surface area contributed by atoms with E-state index in [2.05, 4.69) is 25.2 Å². The highest BCUT2D eigenvalue weighted by atomic mass is 16.2. The lowest BCUT2D eigenvalue weighted by Crippen LogP contribution is -2.38. The molecule has 3 aromatic heterocycles. The van der Waals surface area contributed by atoms with Gasteiger partial charge in [0.1, 0.15) is 0 Å². The van der Waals surface area contributed by atoms with Crippen molar-refractivity contribution in [2.45, 2.75) is 19.4 Å². The maximum Gasteiger partial charge on any atom is 0.289 e. The molecule has 1 aliphatic heterocycles. The molecule has 7 nitrogen and oxygen atoms in total. The van der Waals surface area contributed by atoms with E-state index in [1.165, 1.54) is 0 Å². The number of aryl methyl sites for hydroxylation is 1. The number of hydrogen-bond acceptors (Lipinski definition) is 5. The standard InChI is InChI=1S/C17H18N6O/c1-12-9-19-15(20-10-12)17(24)21-13-4-7-23(11-13)16-14-3-2-6-22(14)8-5-18-16/h2-3,5-6,8-10,13H,4,7,11H2,1H3,(H,21,24)/t13-/m0/s1.